The van der Waals surface area contributed by atoms with E-state index < -0.39 is 0 Å². The molecular weight excluding hydrogens is 296 g/mol. The van der Waals surface area contributed by atoms with E-state index in [1.165, 1.54) is 11.8 Å². The maximum atomic E-state index is 6.01. The maximum absolute atomic E-state index is 6.01. The molecule has 15 heavy (non-hydrogen) atoms. The summed E-state index contributed by atoms with van der Waals surface area (Å²) >= 11 is 10.9. The van der Waals surface area contributed by atoms with Gasteiger partial charge in [-0.1, -0.05) is 23.4 Å². The zero-order valence-corrected chi connectivity index (χ0v) is 10.7. The molecule has 76 valence electrons. The van der Waals surface area contributed by atoms with Gasteiger partial charge in [-0.15, -0.1) is 0 Å². The number of aromatic nitrogens is 2. The predicted octanol–water partition coefficient (Wildman–Crippen LogP) is 4.04. The lowest BCUT2D eigenvalue weighted by molar-refractivity contribution is 1.13. The van der Waals surface area contributed by atoms with Crippen molar-refractivity contribution in [2.75, 3.05) is 0 Å². The Labute approximate surface area is 105 Å². The van der Waals surface area contributed by atoms with Gasteiger partial charge in [-0.2, -0.15) is 0 Å². The number of halogens is 2. The van der Waals surface area contributed by atoms with Gasteiger partial charge in [0.1, 0.15) is 5.03 Å². The Morgan fingerprint density at radius 1 is 1.27 bits per heavy atom. The van der Waals surface area contributed by atoms with Crippen molar-refractivity contribution in [1.82, 2.24) is 9.97 Å². The molecule has 2 nitrogen and oxygen atoms in total. The third kappa shape index (κ3) is 2.71. The van der Waals surface area contributed by atoms with Crippen LogP contribution < -0.4 is 0 Å². The van der Waals surface area contributed by atoms with Crippen LogP contribution in [0.15, 0.2) is 51.2 Å². The molecule has 2 rings (SSSR count). The van der Waals surface area contributed by atoms with Crippen LogP contribution in [-0.2, 0) is 0 Å². The van der Waals surface area contributed by atoms with Gasteiger partial charge in [0.25, 0.3) is 0 Å². The summed E-state index contributed by atoms with van der Waals surface area (Å²) in [6.45, 7) is 0. The Morgan fingerprint density at radius 3 is 2.87 bits per heavy atom. The van der Waals surface area contributed by atoms with Gasteiger partial charge in [0.05, 0.1) is 5.02 Å². The molecule has 0 saturated carbocycles. The van der Waals surface area contributed by atoms with Gasteiger partial charge < -0.3 is 0 Å². The quantitative estimate of drug-likeness (QED) is 0.837. The number of hydrogen-bond acceptors (Lipinski definition) is 3. The molecule has 0 radical (unpaired) electrons. The highest BCUT2D eigenvalue weighted by molar-refractivity contribution is 9.10. The topological polar surface area (TPSA) is 25.8 Å². The lowest BCUT2D eigenvalue weighted by Crippen LogP contribution is -1.82. The lowest BCUT2D eigenvalue weighted by atomic mass is 10.5. The van der Waals surface area contributed by atoms with Gasteiger partial charge in [-0.05, 0) is 34.1 Å². The molecule has 0 unspecified atom stereocenters. The molecule has 0 N–H and O–H groups in total. The van der Waals surface area contributed by atoms with E-state index >= 15 is 0 Å². The molecule has 0 bridgehead atoms. The molecule has 0 saturated heterocycles. The van der Waals surface area contributed by atoms with Gasteiger partial charge in [0, 0.05) is 28.0 Å². The SMILES string of the molecule is Clc1cccnc1Sc1ccncc1Br. The average Bonchev–Trinajstić information content (AvgIpc) is 2.24. The van der Waals surface area contributed by atoms with Crippen LogP contribution in [0.1, 0.15) is 0 Å². The maximum Gasteiger partial charge on any atom is 0.119 e. The van der Waals surface area contributed by atoms with E-state index in [9.17, 15) is 0 Å². The second-order valence-corrected chi connectivity index (χ2v) is 4.99. The van der Waals surface area contributed by atoms with Crippen LogP contribution >= 0.6 is 39.3 Å². The van der Waals surface area contributed by atoms with E-state index in [2.05, 4.69) is 25.9 Å². The van der Waals surface area contributed by atoms with E-state index in [4.69, 9.17) is 11.6 Å². The van der Waals surface area contributed by atoms with Gasteiger partial charge >= 0.3 is 0 Å². The third-order valence-electron chi connectivity index (χ3n) is 1.67. The van der Waals surface area contributed by atoms with Crippen LogP contribution in [0, 0.1) is 0 Å². The first-order chi connectivity index (χ1) is 7.27. The van der Waals surface area contributed by atoms with Crippen molar-refractivity contribution < 1.29 is 0 Å². The number of pyridine rings is 2. The minimum atomic E-state index is 0.659. The van der Waals surface area contributed by atoms with E-state index in [0.717, 1.165) is 14.4 Å². The second-order valence-electron chi connectivity index (χ2n) is 2.70. The van der Waals surface area contributed by atoms with Crippen molar-refractivity contribution in [2.45, 2.75) is 9.92 Å². The van der Waals surface area contributed by atoms with E-state index in [1.54, 1.807) is 18.6 Å². The Bertz CT molecular complexity index is 435. The lowest BCUT2D eigenvalue weighted by Gasteiger charge is -2.03. The zero-order chi connectivity index (χ0) is 10.7. The molecule has 2 heterocycles. The summed E-state index contributed by atoms with van der Waals surface area (Å²) in [5.74, 6) is 0. The van der Waals surface area contributed by atoms with Crippen molar-refractivity contribution in [3.05, 3.63) is 46.3 Å². The first-order valence-electron chi connectivity index (χ1n) is 4.15. The summed E-state index contributed by atoms with van der Waals surface area (Å²) in [5, 5.41) is 1.46. The number of hydrogen-bond donors (Lipinski definition) is 0. The summed E-state index contributed by atoms with van der Waals surface area (Å²) in [5.41, 5.74) is 0. The molecule has 0 aliphatic heterocycles. The Hall–Kier alpha value is -0.580. The molecule has 0 aromatic carbocycles. The minimum absolute atomic E-state index is 0.659. The summed E-state index contributed by atoms with van der Waals surface area (Å²) in [4.78, 5) is 9.25. The molecule has 0 fully saturated rings. The third-order valence-corrected chi connectivity index (χ3v) is 4.07. The minimum Gasteiger partial charge on any atom is -0.263 e. The summed E-state index contributed by atoms with van der Waals surface area (Å²) in [6, 6.07) is 5.56. The first-order valence-corrected chi connectivity index (χ1v) is 6.14. The van der Waals surface area contributed by atoms with Crippen LogP contribution in [0.3, 0.4) is 0 Å². The van der Waals surface area contributed by atoms with Crippen molar-refractivity contribution in [3.8, 4) is 0 Å². The Balaban J connectivity index is 2.30. The molecular formula is C10H6BrClN2S. The van der Waals surface area contributed by atoms with E-state index in [1.807, 2.05) is 18.2 Å². The molecule has 0 aliphatic rings. The van der Waals surface area contributed by atoms with Crippen LogP contribution in [0.4, 0.5) is 0 Å². The number of rotatable bonds is 2. The monoisotopic (exact) mass is 300 g/mol. The van der Waals surface area contributed by atoms with Crippen molar-refractivity contribution in [3.63, 3.8) is 0 Å². The second kappa shape index (κ2) is 4.96. The molecule has 0 atom stereocenters. The fraction of sp³-hybridized carbons (Fsp3) is 0. The zero-order valence-electron chi connectivity index (χ0n) is 7.52. The molecule has 0 amide bonds. The molecule has 0 spiro atoms. The normalized spacial score (nSPS) is 10.3. The molecule has 0 aliphatic carbocycles. The summed E-state index contributed by atoms with van der Waals surface area (Å²) in [6.07, 6.45) is 5.21. The Morgan fingerprint density at radius 2 is 2.13 bits per heavy atom. The summed E-state index contributed by atoms with van der Waals surface area (Å²) < 4.78 is 0.941. The number of nitrogens with zero attached hydrogens (tertiary/aromatic N) is 2. The largest absolute Gasteiger partial charge is 0.263 e. The average molecular weight is 302 g/mol. The highest BCUT2D eigenvalue weighted by Crippen LogP contribution is 2.34. The van der Waals surface area contributed by atoms with E-state index in [0.29, 0.717) is 5.02 Å². The van der Waals surface area contributed by atoms with Crippen LogP contribution in [0.25, 0.3) is 0 Å². The van der Waals surface area contributed by atoms with Gasteiger partial charge in [0.2, 0.25) is 0 Å². The van der Waals surface area contributed by atoms with Crippen LogP contribution in [0.5, 0.6) is 0 Å². The highest BCUT2D eigenvalue weighted by Gasteiger charge is 2.05. The van der Waals surface area contributed by atoms with Crippen LogP contribution in [-0.4, -0.2) is 9.97 Å². The van der Waals surface area contributed by atoms with Gasteiger partial charge in [-0.3, -0.25) is 4.98 Å². The molecule has 2 aromatic rings. The van der Waals surface area contributed by atoms with E-state index in [-0.39, 0.29) is 0 Å². The van der Waals surface area contributed by atoms with Crippen LogP contribution in [0.2, 0.25) is 5.02 Å². The molecule has 2 aromatic heterocycles. The summed E-state index contributed by atoms with van der Waals surface area (Å²) in [7, 11) is 0. The Kier molecular flexibility index (Phi) is 3.61. The van der Waals surface area contributed by atoms with Crippen molar-refractivity contribution in [2.24, 2.45) is 0 Å². The molecule has 5 heteroatoms. The van der Waals surface area contributed by atoms with Gasteiger partial charge in [-0.25, -0.2) is 4.98 Å². The fourth-order valence-corrected chi connectivity index (χ4v) is 2.49. The fourth-order valence-electron chi connectivity index (χ4n) is 0.996. The highest BCUT2D eigenvalue weighted by atomic mass is 79.9. The van der Waals surface area contributed by atoms with Gasteiger partial charge in [0.15, 0.2) is 0 Å². The standard InChI is InChI=1S/C10H6BrClN2S/c11-7-6-13-5-3-9(7)15-10-8(12)2-1-4-14-10/h1-6H. The van der Waals surface area contributed by atoms with Crippen molar-refractivity contribution >= 4 is 39.3 Å². The predicted molar refractivity (Wildman–Crippen MR) is 65.3 cm³/mol. The smallest absolute Gasteiger partial charge is 0.119 e. The first kappa shape index (κ1) is 10.9. The van der Waals surface area contributed by atoms with Crippen molar-refractivity contribution in [1.29, 1.82) is 0 Å².